The Morgan fingerprint density at radius 3 is 2.19 bits per heavy atom. The Balaban J connectivity index is 1.15. The standard InChI is InChI=1S/C43H52O11/c1-3-4-5-6-7-8-9-10-11-12-13-14-15-16-17-18-38(47)51-27-37-42(28-19-21-31(45)34(23-28)50-2)53-35-24-29(20-22-33(35)52-37)43-41(49)40(48)39-32(46)25-30(44)26-36(39)54-43/h7-8,10-11,19-26,37,41-46,49H,3-6,9,12-18,27H2,1-2H3/b8-7-,11-10-/t37?,41-,42?,43+/m0/s1. The van der Waals surface area contributed by atoms with E-state index in [1.807, 2.05) is 0 Å². The monoisotopic (exact) mass is 744 g/mol. The first-order valence-electron chi connectivity index (χ1n) is 18.9. The number of unbranched alkanes of at least 4 members (excludes halogenated alkanes) is 8. The summed E-state index contributed by atoms with van der Waals surface area (Å²) in [6, 6.07) is 11.7. The molecular formula is C43H52O11. The van der Waals surface area contributed by atoms with Crippen LogP contribution < -0.4 is 18.9 Å². The number of aliphatic hydroxyl groups excluding tert-OH is 1. The Kier molecular flexibility index (Phi) is 14.7. The molecule has 11 nitrogen and oxygen atoms in total. The number of allylic oxidation sites excluding steroid dienone is 4. The smallest absolute Gasteiger partial charge is 0.305 e. The molecule has 0 radical (unpaired) electrons. The summed E-state index contributed by atoms with van der Waals surface area (Å²) in [6.07, 6.45) is 16.9. The molecule has 0 saturated heterocycles. The average Bonchev–Trinajstić information content (AvgIpc) is 3.16. The summed E-state index contributed by atoms with van der Waals surface area (Å²) in [5, 5.41) is 41.3. The van der Waals surface area contributed by atoms with Crippen LogP contribution in [0.15, 0.2) is 72.8 Å². The molecule has 4 atom stereocenters. The van der Waals surface area contributed by atoms with Crippen molar-refractivity contribution >= 4 is 11.8 Å². The Hall–Kier alpha value is -5.16. The van der Waals surface area contributed by atoms with E-state index in [-0.39, 0.29) is 53.3 Å². The second kappa shape index (κ2) is 19.8. The summed E-state index contributed by atoms with van der Waals surface area (Å²) in [5.41, 5.74) is 0.735. The van der Waals surface area contributed by atoms with Crippen molar-refractivity contribution < 1.29 is 53.7 Å². The number of aliphatic hydroxyl groups is 1. The number of methoxy groups -OCH3 is 1. The van der Waals surface area contributed by atoms with Gasteiger partial charge in [-0.05, 0) is 68.4 Å². The molecule has 0 bridgehead atoms. The lowest BCUT2D eigenvalue weighted by Crippen LogP contribution is -2.38. The highest BCUT2D eigenvalue weighted by Crippen LogP contribution is 2.46. The second-order valence-corrected chi connectivity index (χ2v) is 13.7. The molecule has 2 aliphatic rings. The third-order valence-electron chi connectivity index (χ3n) is 9.56. The van der Waals surface area contributed by atoms with Crippen molar-refractivity contribution in [3.05, 3.63) is 89.5 Å². The summed E-state index contributed by atoms with van der Waals surface area (Å²) >= 11 is 0. The van der Waals surface area contributed by atoms with E-state index in [0.29, 0.717) is 16.9 Å². The summed E-state index contributed by atoms with van der Waals surface area (Å²) < 4.78 is 29.6. The zero-order chi connectivity index (χ0) is 38.5. The van der Waals surface area contributed by atoms with Crippen LogP contribution >= 0.6 is 0 Å². The van der Waals surface area contributed by atoms with Gasteiger partial charge in [0.15, 0.2) is 47.4 Å². The van der Waals surface area contributed by atoms with Crippen molar-refractivity contribution in [3.8, 4) is 40.2 Å². The molecule has 0 aromatic heterocycles. The minimum Gasteiger partial charge on any atom is -0.508 e. The third-order valence-corrected chi connectivity index (χ3v) is 9.56. The fourth-order valence-corrected chi connectivity index (χ4v) is 6.60. The van der Waals surface area contributed by atoms with Gasteiger partial charge in [-0.25, -0.2) is 0 Å². The van der Waals surface area contributed by atoms with Crippen molar-refractivity contribution in [3.63, 3.8) is 0 Å². The molecule has 2 aliphatic heterocycles. The van der Waals surface area contributed by atoms with E-state index in [1.165, 1.54) is 44.9 Å². The van der Waals surface area contributed by atoms with Crippen LogP contribution in [0.2, 0.25) is 0 Å². The first kappa shape index (κ1) is 40.0. The van der Waals surface area contributed by atoms with Crippen LogP contribution in [0.1, 0.15) is 118 Å². The first-order chi connectivity index (χ1) is 26.2. The van der Waals surface area contributed by atoms with E-state index in [1.54, 1.807) is 30.3 Å². The molecule has 11 heteroatoms. The molecule has 290 valence electrons. The molecule has 0 amide bonds. The number of carbonyl (C=O) groups excluding carboxylic acids is 2. The van der Waals surface area contributed by atoms with Crippen LogP contribution in [0.5, 0.6) is 40.2 Å². The maximum absolute atomic E-state index is 13.0. The Bertz CT molecular complexity index is 1780. The molecule has 54 heavy (non-hydrogen) atoms. The van der Waals surface area contributed by atoms with Gasteiger partial charge in [-0.2, -0.15) is 0 Å². The predicted molar refractivity (Wildman–Crippen MR) is 203 cm³/mol. The van der Waals surface area contributed by atoms with Crippen LogP contribution in [0, 0.1) is 0 Å². The number of hydrogen-bond acceptors (Lipinski definition) is 11. The van der Waals surface area contributed by atoms with Crippen LogP contribution in [0.25, 0.3) is 0 Å². The van der Waals surface area contributed by atoms with Crippen LogP contribution in [-0.2, 0) is 9.53 Å². The molecule has 0 spiro atoms. The first-order valence-corrected chi connectivity index (χ1v) is 18.9. The van der Waals surface area contributed by atoms with Gasteiger partial charge >= 0.3 is 5.97 Å². The maximum Gasteiger partial charge on any atom is 0.305 e. The number of benzene rings is 3. The number of fused-ring (bicyclic) bond motifs is 2. The van der Waals surface area contributed by atoms with Gasteiger partial charge in [-0.1, -0.05) is 75.5 Å². The molecular weight excluding hydrogens is 692 g/mol. The second-order valence-electron chi connectivity index (χ2n) is 13.7. The Morgan fingerprint density at radius 1 is 0.741 bits per heavy atom. The van der Waals surface area contributed by atoms with Gasteiger partial charge in [0, 0.05) is 24.1 Å². The SMILES string of the molecule is CCCCC/C=C\C/C=C\CCCCCCCC(=O)OCC1Oc2ccc([C@H]3Oc4cc(O)cc(O)c4C(=O)[C@@H]3O)cc2OC1c1ccc(O)c(OC)c1. The van der Waals surface area contributed by atoms with Gasteiger partial charge < -0.3 is 44.1 Å². The van der Waals surface area contributed by atoms with E-state index in [2.05, 4.69) is 31.2 Å². The number of Topliss-reactive ketones (excluding diaryl/α,β-unsaturated/α-hetero) is 1. The highest BCUT2D eigenvalue weighted by molar-refractivity contribution is 6.05. The van der Waals surface area contributed by atoms with E-state index < -0.39 is 35.9 Å². The quantitative estimate of drug-likeness (QED) is 0.0528. The van der Waals surface area contributed by atoms with Gasteiger partial charge in [0.25, 0.3) is 0 Å². The van der Waals surface area contributed by atoms with Gasteiger partial charge in [-0.15, -0.1) is 0 Å². The maximum atomic E-state index is 13.0. The van der Waals surface area contributed by atoms with Crippen LogP contribution in [0.3, 0.4) is 0 Å². The van der Waals surface area contributed by atoms with Crippen LogP contribution in [0.4, 0.5) is 0 Å². The summed E-state index contributed by atoms with van der Waals surface area (Å²) in [4.78, 5) is 25.8. The number of phenolic OH excluding ortho intramolecular Hbond substituents is 3. The number of carbonyl (C=O) groups is 2. The third kappa shape index (κ3) is 10.5. The number of ketones is 1. The molecule has 3 aromatic carbocycles. The van der Waals surface area contributed by atoms with Crippen molar-refractivity contribution in [2.24, 2.45) is 0 Å². The summed E-state index contributed by atoms with van der Waals surface area (Å²) in [7, 11) is 1.43. The molecule has 0 aliphatic carbocycles. The van der Waals surface area contributed by atoms with E-state index in [9.17, 15) is 30.0 Å². The van der Waals surface area contributed by atoms with Gasteiger partial charge in [0.1, 0.15) is 29.4 Å². The fraction of sp³-hybridized carbons (Fsp3) is 0.442. The average molecular weight is 745 g/mol. The van der Waals surface area contributed by atoms with Gasteiger partial charge in [0.2, 0.25) is 5.78 Å². The van der Waals surface area contributed by atoms with Crippen molar-refractivity contribution in [1.82, 2.24) is 0 Å². The molecule has 2 unspecified atom stereocenters. The number of rotatable bonds is 19. The number of phenols is 3. The topological polar surface area (TPSA) is 161 Å². The molecule has 4 N–H and O–H groups in total. The number of ether oxygens (including phenoxy) is 5. The number of aromatic hydroxyl groups is 3. The van der Waals surface area contributed by atoms with E-state index in [4.69, 9.17) is 23.7 Å². The molecule has 5 rings (SSSR count). The highest BCUT2D eigenvalue weighted by Gasteiger charge is 2.41. The lowest BCUT2D eigenvalue weighted by atomic mass is 9.92. The van der Waals surface area contributed by atoms with Crippen molar-refractivity contribution in [2.75, 3.05) is 13.7 Å². The van der Waals surface area contributed by atoms with Crippen molar-refractivity contribution in [1.29, 1.82) is 0 Å². The highest BCUT2D eigenvalue weighted by atomic mass is 16.6. The van der Waals surface area contributed by atoms with Gasteiger partial charge in [-0.3, -0.25) is 9.59 Å². The molecule has 3 aromatic rings. The van der Waals surface area contributed by atoms with Gasteiger partial charge in [0.05, 0.1) is 7.11 Å². The Labute approximate surface area is 316 Å². The number of hydrogen-bond donors (Lipinski definition) is 4. The lowest BCUT2D eigenvalue weighted by molar-refractivity contribution is -0.148. The van der Waals surface area contributed by atoms with Crippen molar-refractivity contribution in [2.45, 2.75) is 108 Å². The zero-order valence-corrected chi connectivity index (χ0v) is 31.1. The minimum atomic E-state index is -1.65. The summed E-state index contributed by atoms with van der Waals surface area (Å²) in [5.74, 6) is -1.21. The Morgan fingerprint density at radius 2 is 1.43 bits per heavy atom. The number of esters is 1. The zero-order valence-electron chi connectivity index (χ0n) is 31.1. The lowest BCUT2D eigenvalue weighted by Gasteiger charge is -2.35. The minimum absolute atomic E-state index is 0.0634. The van der Waals surface area contributed by atoms with Crippen LogP contribution in [-0.4, -0.2) is 58.1 Å². The molecule has 2 heterocycles. The summed E-state index contributed by atoms with van der Waals surface area (Å²) in [6.45, 7) is 2.12. The van der Waals surface area contributed by atoms with E-state index >= 15 is 0 Å². The predicted octanol–water partition coefficient (Wildman–Crippen LogP) is 8.73. The largest absolute Gasteiger partial charge is 0.508 e. The normalized spacial score (nSPS) is 19.1. The molecule has 0 saturated carbocycles. The van der Waals surface area contributed by atoms with E-state index in [0.717, 1.165) is 51.0 Å². The fourth-order valence-electron chi connectivity index (χ4n) is 6.60. The molecule has 0 fully saturated rings.